The van der Waals surface area contributed by atoms with Crippen LogP contribution in [-0.2, 0) is 4.74 Å². The lowest BCUT2D eigenvalue weighted by molar-refractivity contribution is 0.307. The van der Waals surface area contributed by atoms with Crippen LogP contribution in [-0.4, -0.2) is 30.0 Å². The summed E-state index contributed by atoms with van der Waals surface area (Å²) in [6.45, 7) is 2.68. The van der Waals surface area contributed by atoms with Crippen LogP contribution in [0.3, 0.4) is 0 Å². The summed E-state index contributed by atoms with van der Waals surface area (Å²) in [5, 5.41) is 7.99. The molecule has 0 aromatic heterocycles. The van der Waals surface area contributed by atoms with Crippen LogP contribution in [0.15, 0.2) is 63.5 Å². The summed E-state index contributed by atoms with van der Waals surface area (Å²) in [6, 6.07) is 15.5. The average molecular weight is 316 g/mol. The molecule has 2 aliphatic heterocycles. The van der Waals surface area contributed by atoms with E-state index in [1.807, 2.05) is 48.5 Å². The molecule has 0 fully saturated rings. The van der Waals surface area contributed by atoms with Crippen LogP contribution in [0.5, 0.6) is 0 Å². The maximum atomic E-state index is 7.99. The first-order valence-electron chi connectivity index (χ1n) is 7.95. The number of ether oxygens (including phenoxy) is 1. The molecule has 2 aromatic rings. The fourth-order valence-electron chi connectivity index (χ4n) is 2.77. The number of aliphatic imine (C=N–C) groups is 3. The first-order valence-corrected chi connectivity index (χ1v) is 7.95. The Kier molecular flexibility index (Phi) is 3.54. The third-order valence-corrected chi connectivity index (χ3v) is 3.90. The van der Waals surface area contributed by atoms with E-state index in [1.165, 1.54) is 0 Å². The van der Waals surface area contributed by atoms with E-state index >= 15 is 0 Å². The topological polar surface area (TPSA) is 70.2 Å². The lowest BCUT2D eigenvalue weighted by atomic mass is 10.1. The van der Waals surface area contributed by atoms with E-state index < -0.39 is 0 Å². The number of rotatable bonds is 2. The van der Waals surface area contributed by atoms with Crippen molar-refractivity contribution in [1.29, 1.82) is 5.41 Å². The fraction of sp³-hybridized carbons (Fsp3) is 0.158. The molecule has 2 heterocycles. The van der Waals surface area contributed by atoms with Crippen LogP contribution in [0, 0.1) is 5.41 Å². The second kappa shape index (κ2) is 5.85. The average Bonchev–Trinajstić information content (AvgIpc) is 3.12. The lowest BCUT2D eigenvalue weighted by Gasteiger charge is -2.03. The van der Waals surface area contributed by atoms with Gasteiger partial charge in [-0.2, -0.15) is 4.99 Å². The second-order valence-corrected chi connectivity index (χ2v) is 5.58. The predicted molar refractivity (Wildman–Crippen MR) is 95.6 cm³/mol. The molecule has 0 bridgehead atoms. The number of fused-ring (bicyclic) bond motifs is 2. The van der Waals surface area contributed by atoms with Crippen LogP contribution >= 0.6 is 0 Å². The Bertz CT molecular complexity index is 924. The Labute approximate surface area is 140 Å². The Morgan fingerprint density at radius 3 is 2.33 bits per heavy atom. The lowest BCUT2D eigenvalue weighted by Crippen LogP contribution is -2.04. The first kappa shape index (κ1) is 14.5. The molecular formula is C19H16N4O. The normalized spacial score (nSPS) is 16.7. The summed E-state index contributed by atoms with van der Waals surface area (Å²) in [4.78, 5) is 13.5. The zero-order valence-corrected chi connectivity index (χ0v) is 13.3. The van der Waals surface area contributed by atoms with Crippen molar-refractivity contribution in [3.63, 3.8) is 0 Å². The van der Waals surface area contributed by atoms with Crippen LogP contribution in [0.2, 0.25) is 0 Å². The Morgan fingerprint density at radius 2 is 1.58 bits per heavy atom. The molecule has 0 atom stereocenters. The Morgan fingerprint density at radius 1 is 0.917 bits per heavy atom. The van der Waals surface area contributed by atoms with Gasteiger partial charge in [0.2, 0.25) is 5.90 Å². The quantitative estimate of drug-likeness (QED) is 0.906. The van der Waals surface area contributed by atoms with E-state index in [0.29, 0.717) is 24.2 Å². The molecule has 24 heavy (non-hydrogen) atoms. The largest absolute Gasteiger partial charge is 0.477 e. The van der Waals surface area contributed by atoms with Crippen LogP contribution in [0.25, 0.3) is 0 Å². The molecule has 0 aliphatic carbocycles. The highest BCUT2D eigenvalue weighted by Crippen LogP contribution is 2.24. The summed E-state index contributed by atoms with van der Waals surface area (Å²) < 4.78 is 5.75. The monoisotopic (exact) mass is 316 g/mol. The number of hydrogen-bond acceptors (Lipinski definition) is 3. The van der Waals surface area contributed by atoms with Crippen molar-refractivity contribution in [2.75, 3.05) is 6.61 Å². The van der Waals surface area contributed by atoms with Gasteiger partial charge >= 0.3 is 0 Å². The van der Waals surface area contributed by atoms with E-state index in [2.05, 4.69) is 21.9 Å². The van der Waals surface area contributed by atoms with Crippen molar-refractivity contribution < 1.29 is 4.74 Å². The van der Waals surface area contributed by atoms with Crippen molar-refractivity contribution in [2.24, 2.45) is 15.0 Å². The van der Waals surface area contributed by atoms with Crippen molar-refractivity contribution in [3.8, 4) is 0 Å². The molecule has 1 N–H and O–H groups in total. The van der Waals surface area contributed by atoms with Gasteiger partial charge in [0.05, 0.1) is 6.61 Å². The van der Waals surface area contributed by atoms with Gasteiger partial charge in [0.1, 0.15) is 0 Å². The molecule has 0 spiro atoms. The molecule has 0 unspecified atom stereocenters. The van der Waals surface area contributed by atoms with Gasteiger partial charge in [0.25, 0.3) is 0 Å². The number of benzene rings is 2. The van der Waals surface area contributed by atoms with Crippen LogP contribution < -0.4 is 0 Å². The third-order valence-electron chi connectivity index (χ3n) is 3.90. The van der Waals surface area contributed by atoms with Gasteiger partial charge in [-0.25, -0.2) is 9.98 Å². The molecule has 0 amide bonds. The molecule has 2 aromatic carbocycles. The molecule has 118 valence electrons. The maximum Gasteiger partial charge on any atom is 0.223 e. The highest BCUT2D eigenvalue weighted by Gasteiger charge is 2.25. The summed E-state index contributed by atoms with van der Waals surface area (Å²) in [6.07, 6.45) is 0.922. The van der Waals surface area contributed by atoms with Crippen molar-refractivity contribution in [1.82, 2.24) is 0 Å². The molecular weight excluding hydrogens is 300 g/mol. The van der Waals surface area contributed by atoms with Crippen molar-refractivity contribution in [3.05, 3.63) is 70.8 Å². The molecule has 2 aliphatic rings. The minimum absolute atomic E-state index is 0.239. The zero-order valence-electron chi connectivity index (χ0n) is 13.3. The van der Waals surface area contributed by atoms with Gasteiger partial charge in [-0.3, -0.25) is 5.41 Å². The summed E-state index contributed by atoms with van der Waals surface area (Å²) in [7, 11) is 0. The minimum atomic E-state index is 0.239. The fourth-order valence-corrected chi connectivity index (χ4v) is 2.77. The number of hydrogen-bond donors (Lipinski definition) is 1. The molecule has 0 radical (unpaired) electrons. The van der Waals surface area contributed by atoms with E-state index in [0.717, 1.165) is 28.7 Å². The van der Waals surface area contributed by atoms with E-state index in [9.17, 15) is 0 Å². The van der Waals surface area contributed by atoms with Gasteiger partial charge < -0.3 is 4.74 Å². The van der Waals surface area contributed by atoms with Gasteiger partial charge in [-0.15, -0.1) is 0 Å². The number of amidine groups is 3. The van der Waals surface area contributed by atoms with E-state index in [1.54, 1.807) is 0 Å². The zero-order chi connectivity index (χ0) is 16.5. The second-order valence-electron chi connectivity index (χ2n) is 5.58. The molecule has 5 heteroatoms. The summed E-state index contributed by atoms with van der Waals surface area (Å²) >= 11 is 0. The van der Waals surface area contributed by atoms with Gasteiger partial charge in [-0.05, 0) is 12.5 Å². The van der Waals surface area contributed by atoms with E-state index in [-0.39, 0.29) is 5.84 Å². The molecule has 0 saturated heterocycles. The molecule has 5 nitrogen and oxygen atoms in total. The van der Waals surface area contributed by atoms with Crippen LogP contribution in [0.1, 0.15) is 35.6 Å². The van der Waals surface area contributed by atoms with Gasteiger partial charge in [0.15, 0.2) is 17.5 Å². The van der Waals surface area contributed by atoms with Crippen molar-refractivity contribution >= 4 is 23.4 Å². The Balaban J connectivity index is 1.77. The highest BCUT2D eigenvalue weighted by molar-refractivity contribution is 6.28. The summed E-state index contributed by atoms with van der Waals surface area (Å²) in [5.74, 6) is 1.96. The smallest absolute Gasteiger partial charge is 0.223 e. The number of nitrogens with zero attached hydrogens (tertiary/aromatic N) is 3. The van der Waals surface area contributed by atoms with Gasteiger partial charge in [0, 0.05) is 22.3 Å². The first-order chi connectivity index (χ1) is 11.8. The van der Waals surface area contributed by atoms with Gasteiger partial charge in [-0.1, -0.05) is 49.4 Å². The molecule has 4 rings (SSSR count). The van der Waals surface area contributed by atoms with E-state index in [4.69, 9.17) is 10.1 Å². The molecule has 0 saturated carbocycles. The minimum Gasteiger partial charge on any atom is -0.477 e. The summed E-state index contributed by atoms with van der Waals surface area (Å²) in [5.41, 5.74) is 3.55. The highest BCUT2D eigenvalue weighted by atomic mass is 16.5. The SMILES string of the molecule is CCCOC1=NC(=NC2=NC(=N)c3ccccc32)c2ccccc21. The Hall–Kier alpha value is -3.08. The van der Waals surface area contributed by atoms with Crippen LogP contribution in [0.4, 0.5) is 0 Å². The number of nitrogens with one attached hydrogen (secondary N) is 1. The standard InChI is InChI=1S/C19H16N4O/c1-2-11-24-19-15-10-6-5-9-14(15)18(23-19)22-17-13-8-4-3-7-12(13)16(20)21-17/h3-10,20H,2,11H2,1H3. The van der Waals surface area contributed by atoms with Crippen molar-refractivity contribution in [2.45, 2.75) is 13.3 Å². The maximum absolute atomic E-state index is 7.99. The third kappa shape index (κ3) is 2.34. The predicted octanol–water partition coefficient (Wildman–Crippen LogP) is 3.41.